The van der Waals surface area contributed by atoms with Gasteiger partial charge in [-0.05, 0) is 49.3 Å². The second-order valence-corrected chi connectivity index (χ2v) is 5.59. The molecule has 0 radical (unpaired) electrons. The van der Waals surface area contributed by atoms with Gasteiger partial charge in [-0.25, -0.2) is 9.40 Å². The number of rotatable bonds is 3. The molecule has 0 amide bonds. The van der Waals surface area contributed by atoms with Crippen LogP contribution in [0, 0.1) is 5.82 Å². The first-order chi connectivity index (χ1) is 8.81. The van der Waals surface area contributed by atoms with Crippen LogP contribution in [0.2, 0.25) is 0 Å². The summed E-state index contributed by atoms with van der Waals surface area (Å²) in [7, 11) is 0. The topological polar surface area (TPSA) is 15.3 Å². The van der Waals surface area contributed by atoms with Gasteiger partial charge in [0.05, 0.1) is 0 Å². The standard InChI is InChI=1S/C15H21FN2/c16-14-6-4-12(5-7-14)13-10-15(11-13)17-18-8-2-1-3-9-18/h4-7,13,15,17H,1-3,8-11H2. The highest BCUT2D eigenvalue weighted by Gasteiger charge is 2.31. The zero-order valence-electron chi connectivity index (χ0n) is 10.7. The first-order valence-corrected chi connectivity index (χ1v) is 7.08. The van der Waals surface area contributed by atoms with E-state index in [1.54, 1.807) is 12.1 Å². The van der Waals surface area contributed by atoms with E-state index in [0.717, 1.165) is 0 Å². The van der Waals surface area contributed by atoms with Gasteiger partial charge in [0, 0.05) is 19.1 Å². The van der Waals surface area contributed by atoms with Gasteiger partial charge in [0.1, 0.15) is 5.82 Å². The number of nitrogens with zero attached hydrogens (tertiary/aromatic N) is 1. The average molecular weight is 248 g/mol. The van der Waals surface area contributed by atoms with E-state index in [0.29, 0.717) is 12.0 Å². The van der Waals surface area contributed by atoms with Gasteiger partial charge in [0.25, 0.3) is 0 Å². The van der Waals surface area contributed by atoms with E-state index < -0.39 is 0 Å². The van der Waals surface area contributed by atoms with Gasteiger partial charge >= 0.3 is 0 Å². The maximum absolute atomic E-state index is 12.8. The highest BCUT2D eigenvalue weighted by atomic mass is 19.1. The lowest BCUT2D eigenvalue weighted by Crippen LogP contribution is -2.51. The fourth-order valence-electron chi connectivity index (χ4n) is 3.01. The third-order valence-corrected chi connectivity index (χ3v) is 4.20. The van der Waals surface area contributed by atoms with Crippen molar-refractivity contribution < 1.29 is 4.39 Å². The smallest absolute Gasteiger partial charge is 0.123 e. The van der Waals surface area contributed by atoms with E-state index in [1.807, 2.05) is 12.1 Å². The number of piperidine rings is 1. The van der Waals surface area contributed by atoms with Crippen LogP contribution in [0.25, 0.3) is 0 Å². The Morgan fingerprint density at radius 3 is 2.33 bits per heavy atom. The normalized spacial score (nSPS) is 28.9. The molecular formula is C15H21FN2. The third kappa shape index (κ3) is 2.73. The predicted molar refractivity (Wildman–Crippen MR) is 70.7 cm³/mol. The summed E-state index contributed by atoms with van der Waals surface area (Å²) in [6.45, 7) is 2.38. The highest BCUT2D eigenvalue weighted by Crippen LogP contribution is 2.37. The quantitative estimate of drug-likeness (QED) is 0.884. The summed E-state index contributed by atoms with van der Waals surface area (Å²) < 4.78 is 12.8. The second-order valence-electron chi connectivity index (χ2n) is 5.59. The minimum Gasteiger partial charge on any atom is -0.252 e. The van der Waals surface area contributed by atoms with Crippen LogP contribution in [0.1, 0.15) is 43.6 Å². The van der Waals surface area contributed by atoms with E-state index in [-0.39, 0.29) is 5.82 Å². The minimum absolute atomic E-state index is 0.138. The van der Waals surface area contributed by atoms with E-state index in [4.69, 9.17) is 0 Å². The summed E-state index contributed by atoms with van der Waals surface area (Å²) in [5.74, 6) is 0.481. The Bertz CT molecular complexity index is 378. The summed E-state index contributed by atoms with van der Waals surface area (Å²) in [5.41, 5.74) is 4.91. The fourth-order valence-corrected chi connectivity index (χ4v) is 3.01. The lowest BCUT2D eigenvalue weighted by atomic mass is 9.76. The Morgan fingerprint density at radius 1 is 1.00 bits per heavy atom. The molecule has 1 aromatic rings. The molecule has 1 saturated carbocycles. The SMILES string of the molecule is Fc1ccc(C2CC(NN3CCCCC3)C2)cc1. The van der Waals surface area contributed by atoms with Crippen molar-refractivity contribution in [1.82, 2.24) is 10.4 Å². The van der Waals surface area contributed by atoms with Gasteiger partial charge in [-0.3, -0.25) is 5.43 Å². The number of hydrogen-bond acceptors (Lipinski definition) is 2. The molecule has 1 heterocycles. The molecule has 1 aliphatic carbocycles. The summed E-state index contributed by atoms with van der Waals surface area (Å²) in [4.78, 5) is 0. The molecule has 2 fully saturated rings. The van der Waals surface area contributed by atoms with Crippen molar-refractivity contribution in [3.8, 4) is 0 Å². The Morgan fingerprint density at radius 2 is 1.67 bits per heavy atom. The zero-order valence-corrected chi connectivity index (χ0v) is 10.7. The van der Waals surface area contributed by atoms with Gasteiger partial charge in [-0.1, -0.05) is 18.6 Å². The molecule has 1 aliphatic heterocycles. The van der Waals surface area contributed by atoms with Crippen molar-refractivity contribution >= 4 is 0 Å². The molecule has 18 heavy (non-hydrogen) atoms. The maximum atomic E-state index is 12.8. The minimum atomic E-state index is -0.138. The number of nitrogens with one attached hydrogen (secondary N) is 1. The zero-order chi connectivity index (χ0) is 12.4. The number of benzene rings is 1. The third-order valence-electron chi connectivity index (χ3n) is 4.20. The maximum Gasteiger partial charge on any atom is 0.123 e. The van der Waals surface area contributed by atoms with Gasteiger partial charge in [-0.2, -0.15) is 0 Å². The fraction of sp³-hybridized carbons (Fsp3) is 0.600. The van der Waals surface area contributed by atoms with Gasteiger partial charge in [-0.15, -0.1) is 0 Å². The van der Waals surface area contributed by atoms with Crippen molar-refractivity contribution in [2.75, 3.05) is 13.1 Å². The monoisotopic (exact) mass is 248 g/mol. The largest absolute Gasteiger partial charge is 0.252 e. The second kappa shape index (κ2) is 5.37. The highest BCUT2D eigenvalue weighted by molar-refractivity contribution is 5.23. The molecule has 0 spiro atoms. The Hall–Kier alpha value is -0.930. The van der Waals surface area contributed by atoms with Crippen LogP contribution in [-0.2, 0) is 0 Å². The first-order valence-electron chi connectivity index (χ1n) is 7.08. The molecule has 0 bridgehead atoms. The van der Waals surface area contributed by atoms with Gasteiger partial charge in [0.15, 0.2) is 0 Å². The van der Waals surface area contributed by atoms with Crippen molar-refractivity contribution in [2.45, 2.75) is 44.1 Å². The van der Waals surface area contributed by atoms with Crippen LogP contribution < -0.4 is 5.43 Å². The molecule has 0 aromatic heterocycles. The summed E-state index contributed by atoms with van der Waals surface area (Å²) in [5, 5.41) is 2.38. The van der Waals surface area contributed by atoms with E-state index >= 15 is 0 Å². The van der Waals surface area contributed by atoms with Crippen LogP contribution in [0.3, 0.4) is 0 Å². The Kier molecular flexibility index (Phi) is 3.62. The van der Waals surface area contributed by atoms with Gasteiger partial charge < -0.3 is 0 Å². The molecule has 0 unspecified atom stereocenters. The van der Waals surface area contributed by atoms with E-state index in [1.165, 1.54) is 50.8 Å². The Labute approximate surface area is 108 Å². The summed E-state index contributed by atoms with van der Waals surface area (Å²) >= 11 is 0. The van der Waals surface area contributed by atoms with Crippen LogP contribution in [0.15, 0.2) is 24.3 Å². The van der Waals surface area contributed by atoms with Crippen molar-refractivity contribution in [2.24, 2.45) is 0 Å². The first kappa shape index (κ1) is 12.1. The average Bonchev–Trinajstić information content (AvgIpc) is 2.36. The molecule has 98 valence electrons. The van der Waals surface area contributed by atoms with Crippen molar-refractivity contribution in [1.29, 1.82) is 0 Å². The number of hydrazine groups is 1. The molecule has 3 heteroatoms. The summed E-state index contributed by atoms with van der Waals surface area (Å²) in [6, 6.07) is 7.62. The number of halogens is 1. The van der Waals surface area contributed by atoms with E-state index in [9.17, 15) is 4.39 Å². The van der Waals surface area contributed by atoms with Crippen LogP contribution in [-0.4, -0.2) is 24.1 Å². The van der Waals surface area contributed by atoms with Crippen molar-refractivity contribution in [3.63, 3.8) is 0 Å². The molecule has 2 aliphatic rings. The lowest BCUT2D eigenvalue weighted by molar-refractivity contribution is 0.0917. The molecule has 0 atom stereocenters. The molecule has 2 nitrogen and oxygen atoms in total. The molecule has 3 rings (SSSR count). The van der Waals surface area contributed by atoms with Crippen molar-refractivity contribution in [3.05, 3.63) is 35.6 Å². The van der Waals surface area contributed by atoms with E-state index in [2.05, 4.69) is 10.4 Å². The molecule has 1 aromatic carbocycles. The molecule has 1 saturated heterocycles. The predicted octanol–water partition coefficient (Wildman–Crippen LogP) is 3.06. The van der Waals surface area contributed by atoms with Crippen LogP contribution in [0.5, 0.6) is 0 Å². The van der Waals surface area contributed by atoms with Gasteiger partial charge in [0.2, 0.25) is 0 Å². The lowest BCUT2D eigenvalue weighted by Gasteiger charge is -2.40. The van der Waals surface area contributed by atoms with Crippen LogP contribution in [0.4, 0.5) is 4.39 Å². The number of hydrogen-bond donors (Lipinski definition) is 1. The molecule has 1 N–H and O–H groups in total. The summed E-state index contributed by atoms with van der Waals surface area (Å²) in [6.07, 6.45) is 6.38. The molecular weight excluding hydrogens is 227 g/mol. The Balaban J connectivity index is 1.46. The van der Waals surface area contributed by atoms with Crippen LogP contribution >= 0.6 is 0 Å².